The first-order chi connectivity index (χ1) is 9.99. The number of nitrogens with one attached hydrogen (secondary N) is 1. The first-order valence-corrected chi connectivity index (χ1v) is 7.51. The van der Waals surface area contributed by atoms with Gasteiger partial charge in [0.1, 0.15) is 5.82 Å². The van der Waals surface area contributed by atoms with E-state index in [1.165, 1.54) is 6.07 Å². The van der Waals surface area contributed by atoms with Crippen molar-refractivity contribution in [2.75, 3.05) is 18.0 Å². The summed E-state index contributed by atoms with van der Waals surface area (Å²) in [4.78, 5) is 14.0. The van der Waals surface area contributed by atoms with E-state index in [0.29, 0.717) is 17.7 Å². The Labute approximate surface area is 124 Å². The molecule has 0 aromatic heterocycles. The Hall–Kier alpha value is -1.62. The van der Waals surface area contributed by atoms with Crippen LogP contribution in [0.1, 0.15) is 37.0 Å². The zero-order valence-corrected chi connectivity index (χ0v) is 12.4. The molecule has 2 heterocycles. The number of nitrogens with zero attached hydrogens (tertiary/aromatic N) is 1. The fraction of sp³-hybridized carbons (Fsp3) is 0.562. The summed E-state index contributed by atoms with van der Waals surface area (Å²) in [6.45, 7) is 4.83. The molecular weight excluding hydrogens is 271 g/mol. The Morgan fingerprint density at radius 1 is 1.48 bits per heavy atom. The van der Waals surface area contributed by atoms with E-state index in [1.54, 1.807) is 19.9 Å². The lowest BCUT2D eigenvalue weighted by molar-refractivity contribution is -0.122. The summed E-state index contributed by atoms with van der Waals surface area (Å²) in [5.74, 6) is -0.183. The maximum Gasteiger partial charge on any atom is 0.225 e. The van der Waals surface area contributed by atoms with E-state index < -0.39 is 6.10 Å². The predicted octanol–water partition coefficient (Wildman–Crippen LogP) is 1.90. The Morgan fingerprint density at radius 2 is 2.24 bits per heavy atom. The van der Waals surface area contributed by atoms with Gasteiger partial charge in [0.05, 0.1) is 18.1 Å². The molecule has 0 saturated carbocycles. The van der Waals surface area contributed by atoms with Crippen molar-refractivity contribution in [1.29, 1.82) is 0 Å². The van der Waals surface area contributed by atoms with Gasteiger partial charge in [-0.2, -0.15) is 0 Å². The molecule has 4 nitrogen and oxygen atoms in total. The quantitative estimate of drug-likeness (QED) is 0.875. The molecule has 5 heteroatoms. The zero-order valence-electron chi connectivity index (χ0n) is 12.4. The number of amides is 1. The number of carbonyl (C=O) groups excluding carboxylic acids is 1. The van der Waals surface area contributed by atoms with E-state index in [1.807, 2.05) is 0 Å². The topological polar surface area (TPSA) is 52.6 Å². The highest BCUT2D eigenvalue weighted by molar-refractivity contribution is 5.83. The molecule has 2 aliphatic rings. The molecule has 2 unspecified atom stereocenters. The second-order valence-electron chi connectivity index (χ2n) is 6.09. The molecule has 2 N–H and O–H groups in total. The van der Waals surface area contributed by atoms with Crippen molar-refractivity contribution in [3.63, 3.8) is 0 Å². The maximum atomic E-state index is 13.8. The van der Waals surface area contributed by atoms with Crippen molar-refractivity contribution in [3.8, 4) is 0 Å². The molecule has 2 fully saturated rings. The van der Waals surface area contributed by atoms with E-state index >= 15 is 0 Å². The van der Waals surface area contributed by atoms with Gasteiger partial charge in [0.25, 0.3) is 0 Å². The number of hydrogen-bond acceptors (Lipinski definition) is 3. The molecule has 2 aliphatic heterocycles. The average Bonchev–Trinajstić information content (AvgIpc) is 2.83. The number of hydrogen-bond donors (Lipinski definition) is 2. The number of aliphatic hydroxyl groups is 1. The Morgan fingerprint density at radius 3 is 2.95 bits per heavy atom. The molecule has 0 radical (unpaired) electrons. The fourth-order valence-corrected chi connectivity index (χ4v) is 3.52. The highest BCUT2D eigenvalue weighted by Gasteiger charge is 2.41. The number of aliphatic hydroxyl groups excluding tert-OH is 1. The summed E-state index contributed by atoms with van der Waals surface area (Å²) in [5, 5.41) is 12.9. The van der Waals surface area contributed by atoms with Crippen molar-refractivity contribution in [3.05, 3.63) is 29.1 Å². The monoisotopic (exact) mass is 292 g/mol. The van der Waals surface area contributed by atoms with Gasteiger partial charge in [0.2, 0.25) is 5.91 Å². The van der Waals surface area contributed by atoms with Gasteiger partial charge >= 0.3 is 0 Å². The number of benzene rings is 1. The smallest absolute Gasteiger partial charge is 0.225 e. The molecular formula is C16H21FN2O2. The number of anilines is 1. The molecule has 3 atom stereocenters. The first-order valence-electron chi connectivity index (χ1n) is 7.51. The fourth-order valence-electron chi connectivity index (χ4n) is 3.52. The predicted molar refractivity (Wildman–Crippen MR) is 78.6 cm³/mol. The van der Waals surface area contributed by atoms with Gasteiger partial charge in [-0.15, -0.1) is 0 Å². The van der Waals surface area contributed by atoms with Crippen molar-refractivity contribution < 1.29 is 14.3 Å². The molecule has 1 amide bonds. The number of rotatable bonds is 2. The van der Waals surface area contributed by atoms with E-state index in [0.717, 1.165) is 25.1 Å². The minimum Gasteiger partial charge on any atom is -0.389 e. The molecule has 0 spiro atoms. The van der Waals surface area contributed by atoms with Gasteiger partial charge in [-0.05, 0) is 44.4 Å². The highest BCUT2D eigenvalue weighted by atomic mass is 19.1. The zero-order chi connectivity index (χ0) is 15.1. The number of halogens is 1. The SMILES string of the molecule is Cc1cc(N2CCCC3C(=O)NCC32)c([C@@H](C)O)cc1F. The molecule has 0 aliphatic carbocycles. The van der Waals surface area contributed by atoms with Crippen LogP contribution in [0.4, 0.5) is 10.1 Å². The van der Waals surface area contributed by atoms with Crippen LogP contribution >= 0.6 is 0 Å². The maximum absolute atomic E-state index is 13.8. The first kappa shape index (κ1) is 14.3. The third kappa shape index (κ3) is 2.39. The summed E-state index contributed by atoms with van der Waals surface area (Å²) in [6, 6.07) is 3.32. The van der Waals surface area contributed by atoms with Crippen molar-refractivity contribution in [2.24, 2.45) is 5.92 Å². The molecule has 0 bridgehead atoms. The molecule has 114 valence electrons. The number of carbonyl (C=O) groups is 1. The molecule has 1 aromatic rings. The lowest BCUT2D eigenvalue weighted by atomic mass is 9.90. The molecule has 1 aromatic carbocycles. The molecule has 3 rings (SSSR count). The van der Waals surface area contributed by atoms with Crippen LogP contribution in [0.3, 0.4) is 0 Å². The van der Waals surface area contributed by atoms with Crippen LogP contribution in [0.2, 0.25) is 0 Å². The minimum absolute atomic E-state index is 0.00552. The second kappa shape index (κ2) is 5.30. The van der Waals surface area contributed by atoms with E-state index in [-0.39, 0.29) is 23.7 Å². The van der Waals surface area contributed by atoms with Crippen LogP contribution in [-0.2, 0) is 4.79 Å². The van der Waals surface area contributed by atoms with E-state index in [4.69, 9.17) is 0 Å². The third-order valence-electron chi connectivity index (χ3n) is 4.67. The van der Waals surface area contributed by atoms with E-state index in [2.05, 4.69) is 10.2 Å². The summed E-state index contributed by atoms with van der Waals surface area (Å²) in [5.41, 5.74) is 2.02. The van der Waals surface area contributed by atoms with Gasteiger partial charge in [0.15, 0.2) is 0 Å². The van der Waals surface area contributed by atoms with Gasteiger partial charge in [0, 0.05) is 24.3 Å². The van der Waals surface area contributed by atoms with Crippen molar-refractivity contribution in [1.82, 2.24) is 5.32 Å². The van der Waals surface area contributed by atoms with Gasteiger partial charge in [-0.25, -0.2) is 4.39 Å². The lowest BCUT2D eigenvalue weighted by Crippen LogP contribution is -2.46. The van der Waals surface area contributed by atoms with Gasteiger partial charge < -0.3 is 15.3 Å². The Balaban J connectivity index is 2.03. The normalized spacial score (nSPS) is 26.5. The second-order valence-corrected chi connectivity index (χ2v) is 6.09. The summed E-state index contributed by atoms with van der Waals surface area (Å²) < 4.78 is 13.8. The summed E-state index contributed by atoms with van der Waals surface area (Å²) >= 11 is 0. The number of aryl methyl sites for hydroxylation is 1. The lowest BCUT2D eigenvalue weighted by Gasteiger charge is -2.39. The Kier molecular flexibility index (Phi) is 3.61. The van der Waals surface area contributed by atoms with Crippen LogP contribution < -0.4 is 10.2 Å². The van der Waals surface area contributed by atoms with Crippen LogP contribution in [0.25, 0.3) is 0 Å². The van der Waals surface area contributed by atoms with Crippen LogP contribution in [-0.4, -0.2) is 30.1 Å². The number of fused-ring (bicyclic) bond motifs is 1. The average molecular weight is 292 g/mol. The molecule has 2 saturated heterocycles. The van der Waals surface area contributed by atoms with Crippen LogP contribution in [0.15, 0.2) is 12.1 Å². The van der Waals surface area contributed by atoms with Gasteiger partial charge in [-0.3, -0.25) is 4.79 Å². The standard InChI is InChI=1S/C16H21FN2O2/c1-9-6-14(12(10(2)20)7-13(9)17)19-5-3-4-11-15(19)8-18-16(11)21/h6-7,10-11,15,20H,3-5,8H2,1-2H3,(H,18,21)/t10-,11?,15?/m1/s1. The largest absolute Gasteiger partial charge is 0.389 e. The van der Waals surface area contributed by atoms with E-state index in [9.17, 15) is 14.3 Å². The Bertz CT molecular complexity index is 574. The van der Waals surface area contributed by atoms with Crippen molar-refractivity contribution >= 4 is 11.6 Å². The van der Waals surface area contributed by atoms with Gasteiger partial charge in [-0.1, -0.05) is 0 Å². The van der Waals surface area contributed by atoms with Crippen molar-refractivity contribution in [2.45, 2.75) is 38.8 Å². The van der Waals surface area contributed by atoms with Crippen LogP contribution in [0.5, 0.6) is 0 Å². The highest BCUT2D eigenvalue weighted by Crippen LogP contribution is 2.36. The summed E-state index contributed by atoms with van der Waals surface area (Å²) in [7, 11) is 0. The molecule has 21 heavy (non-hydrogen) atoms. The van der Waals surface area contributed by atoms with Crippen LogP contribution in [0, 0.1) is 18.7 Å². The summed E-state index contributed by atoms with van der Waals surface area (Å²) in [6.07, 6.45) is 1.10. The number of piperidine rings is 1. The third-order valence-corrected chi connectivity index (χ3v) is 4.67. The minimum atomic E-state index is -0.736.